The van der Waals surface area contributed by atoms with Crippen LogP contribution in [0.5, 0.6) is 5.75 Å². The molecule has 7 heteroatoms. The van der Waals surface area contributed by atoms with Crippen LogP contribution < -0.4 is 15.4 Å². The van der Waals surface area contributed by atoms with Gasteiger partial charge in [-0.1, -0.05) is 0 Å². The SMILES string of the molecule is O=C(CNC(=O)c1ccc(OC[C@@H]2CCCO2)cc1)NCc1ccco1. The number of hydrogen-bond acceptors (Lipinski definition) is 5. The van der Waals surface area contributed by atoms with E-state index in [2.05, 4.69) is 10.6 Å². The molecule has 3 rings (SSSR count). The van der Waals surface area contributed by atoms with E-state index in [1.807, 2.05) is 0 Å². The Morgan fingerprint density at radius 2 is 2.00 bits per heavy atom. The molecular weight excluding hydrogens is 336 g/mol. The van der Waals surface area contributed by atoms with Crippen molar-refractivity contribution in [2.75, 3.05) is 19.8 Å². The van der Waals surface area contributed by atoms with Crippen molar-refractivity contribution in [3.8, 4) is 5.75 Å². The Morgan fingerprint density at radius 3 is 2.69 bits per heavy atom. The summed E-state index contributed by atoms with van der Waals surface area (Å²) in [6, 6.07) is 10.3. The summed E-state index contributed by atoms with van der Waals surface area (Å²) in [6.07, 6.45) is 3.78. The highest BCUT2D eigenvalue weighted by Crippen LogP contribution is 2.16. The highest BCUT2D eigenvalue weighted by Gasteiger charge is 2.16. The number of hydrogen-bond donors (Lipinski definition) is 2. The van der Waals surface area contributed by atoms with Gasteiger partial charge < -0.3 is 24.5 Å². The minimum absolute atomic E-state index is 0.100. The quantitative estimate of drug-likeness (QED) is 0.752. The van der Waals surface area contributed by atoms with Crippen LogP contribution >= 0.6 is 0 Å². The summed E-state index contributed by atoms with van der Waals surface area (Å²) >= 11 is 0. The lowest BCUT2D eigenvalue weighted by molar-refractivity contribution is -0.120. The molecule has 1 saturated heterocycles. The summed E-state index contributed by atoms with van der Waals surface area (Å²) in [7, 11) is 0. The summed E-state index contributed by atoms with van der Waals surface area (Å²) < 4.78 is 16.3. The molecule has 2 amide bonds. The molecule has 0 aliphatic carbocycles. The second kappa shape index (κ2) is 9.05. The van der Waals surface area contributed by atoms with E-state index in [9.17, 15) is 9.59 Å². The number of furan rings is 1. The maximum absolute atomic E-state index is 12.1. The Balaban J connectivity index is 1.38. The monoisotopic (exact) mass is 358 g/mol. The number of benzene rings is 1. The Kier molecular flexibility index (Phi) is 6.27. The van der Waals surface area contributed by atoms with E-state index in [4.69, 9.17) is 13.9 Å². The van der Waals surface area contributed by atoms with Crippen LogP contribution in [0.4, 0.5) is 0 Å². The first-order chi connectivity index (χ1) is 12.7. The molecule has 1 aliphatic rings. The molecule has 2 heterocycles. The molecule has 0 bridgehead atoms. The molecular formula is C19H22N2O5. The number of nitrogens with one attached hydrogen (secondary N) is 2. The fraction of sp³-hybridized carbons (Fsp3) is 0.368. The zero-order valence-electron chi connectivity index (χ0n) is 14.4. The van der Waals surface area contributed by atoms with E-state index in [0.29, 0.717) is 30.2 Å². The number of carbonyl (C=O) groups excluding carboxylic acids is 2. The average molecular weight is 358 g/mol. The zero-order chi connectivity index (χ0) is 18.2. The van der Waals surface area contributed by atoms with Crippen LogP contribution in [0.1, 0.15) is 29.0 Å². The van der Waals surface area contributed by atoms with E-state index in [1.165, 1.54) is 6.26 Å². The van der Waals surface area contributed by atoms with Gasteiger partial charge in [0.05, 0.1) is 25.5 Å². The lowest BCUT2D eigenvalue weighted by Gasteiger charge is -2.11. The summed E-state index contributed by atoms with van der Waals surface area (Å²) in [5, 5.41) is 5.25. The van der Waals surface area contributed by atoms with Crippen molar-refractivity contribution in [3.63, 3.8) is 0 Å². The lowest BCUT2D eigenvalue weighted by atomic mass is 10.2. The van der Waals surface area contributed by atoms with Crippen molar-refractivity contribution in [1.82, 2.24) is 10.6 Å². The van der Waals surface area contributed by atoms with Crippen molar-refractivity contribution in [2.45, 2.75) is 25.5 Å². The molecule has 0 saturated carbocycles. The fourth-order valence-corrected chi connectivity index (χ4v) is 2.59. The standard InChI is InChI=1S/C19H22N2O5/c22-18(20-11-16-3-1-9-24-16)12-21-19(23)14-5-7-15(8-6-14)26-13-17-4-2-10-25-17/h1,3,5-9,17H,2,4,10-13H2,(H,20,22)(H,21,23)/t17-/m0/s1. The molecule has 0 spiro atoms. The minimum Gasteiger partial charge on any atom is -0.491 e. The molecule has 0 radical (unpaired) electrons. The van der Waals surface area contributed by atoms with Crippen LogP contribution in [-0.4, -0.2) is 37.7 Å². The van der Waals surface area contributed by atoms with Crippen molar-refractivity contribution >= 4 is 11.8 Å². The third-order valence-electron chi connectivity index (χ3n) is 4.03. The summed E-state index contributed by atoms with van der Waals surface area (Å²) in [5.41, 5.74) is 0.466. The Labute approximate surface area is 151 Å². The van der Waals surface area contributed by atoms with Crippen LogP contribution in [0.15, 0.2) is 47.1 Å². The Morgan fingerprint density at radius 1 is 1.15 bits per heavy atom. The van der Waals surface area contributed by atoms with Crippen LogP contribution in [-0.2, 0) is 16.1 Å². The molecule has 1 aromatic carbocycles. The summed E-state index contributed by atoms with van der Waals surface area (Å²) in [6.45, 7) is 1.50. The van der Waals surface area contributed by atoms with Gasteiger partial charge in [0, 0.05) is 12.2 Å². The van der Waals surface area contributed by atoms with E-state index in [-0.39, 0.29) is 24.5 Å². The van der Waals surface area contributed by atoms with Gasteiger partial charge in [-0.3, -0.25) is 9.59 Å². The summed E-state index contributed by atoms with van der Waals surface area (Å²) in [4.78, 5) is 23.8. The van der Waals surface area contributed by atoms with Gasteiger partial charge in [0.1, 0.15) is 18.1 Å². The van der Waals surface area contributed by atoms with Crippen molar-refractivity contribution < 1.29 is 23.5 Å². The molecule has 1 aliphatic heterocycles. The third-order valence-corrected chi connectivity index (χ3v) is 4.03. The second-order valence-corrected chi connectivity index (χ2v) is 6.01. The van der Waals surface area contributed by atoms with E-state index in [0.717, 1.165) is 19.4 Å². The second-order valence-electron chi connectivity index (χ2n) is 6.01. The first-order valence-electron chi connectivity index (χ1n) is 8.62. The van der Waals surface area contributed by atoms with Gasteiger partial charge in [-0.2, -0.15) is 0 Å². The predicted molar refractivity (Wildman–Crippen MR) is 93.8 cm³/mol. The molecule has 2 aromatic rings. The van der Waals surface area contributed by atoms with E-state index < -0.39 is 0 Å². The largest absolute Gasteiger partial charge is 0.491 e. The predicted octanol–water partition coefficient (Wildman–Crippen LogP) is 1.88. The Hall–Kier alpha value is -2.80. The molecule has 1 atom stereocenters. The van der Waals surface area contributed by atoms with E-state index in [1.54, 1.807) is 36.4 Å². The van der Waals surface area contributed by atoms with Gasteiger partial charge in [0.15, 0.2) is 0 Å². The van der Waals surface area contributed by atoms with Crippen LogP contribution in [0, 0.1) is 0 Å². The van der Waals surface area contributed by atoms with Crippen molar-refractivity contribution in [2.24, 2.45) is 0 Å². The molecule has 1 fully saturated rings. The van der Waals surface area contributed by atoms with Crippen LogP contribution in [0.2, 0.25) is 0 Å². The maximum Gasteiger partial charge on any atom is 0.251 e. The van der Waals surface area contributed by atoms with Gasteiger partial charge in [-0.25, -0.2) is 0 Å². The molecule has 0 unspecified atom stereocenters. The first-order valence-corrected chi connectivity index (χ1v) is 8.62. The Bertz CT molecular complexity index is 706. The lowest BCUT2D eigenvalue weighted by Crippen LogP contribution is -2.36. The van der Waals surface area contributed by atoms with Gasteiger partial charge in [-0.15, -0.1) is 0 Å². The molecule has 7 nitrogen and oxygen atoms in total. The van der Waals surface area contributed by atoms with Crippen molar-refractivity contribution in [3.05, 3.63) is 54.0 Å². The molecule has 138 valence electrons. The third kappa shape index (κ3) is 5.35. The number of ether oxygens (including phenoxy) is 2. The highest BCUT2D eigenvalue weighted by molar-refractivity contribution is 5.96. The first kappa shape index (κ1) is 18.0. The fourth-order valence-electron chi connectivity index (χ4n) is 2.59. The van der Waals surface area contributed by atoms with Gasteiger partial charge in [0.25, 0.3) is 5.91 Å². The highest BCUT2D eigenvalue weighted by atomic mass is 16.5. The number of rotatable bonds is 8. The normalized spacial score (nSPS) is 16.2. The minimum atomic E-state index is -0.316. The van der Waals surface area contributed by atoms with Crippen LogP contribution in [0.25, 0.3) is 0 Å². The zero-order valence-corrected chi connectivity index (χ0v) is 14.4. The van der Waals surface area contributed by atoms with E-state index >= 15 is 0 Å². The average Bonchev–Trinajstić information content (AvgIpc) is 3.37. The maximum atomic E-state index is 12.1. The molecule has 1 aromatic heterocycles. The molecule has 26 heavy (non-hydrogen) atoms. The topological polar surface area (TPSA) is 89.8 Å². The smallest absolute Gasteiger partial charge is 0.251 e. The van der Waals surface area contributed by atoms with Crippen molar-refractivity contribution in [1.29, 1.82) is 0 Å². The number of amides is 2. The van der Waals surface area contributed by atoms with Gasteiger partial charge in [0.2, 0.25) is 5.91 Å². The van der Waals surface area contributed by atoms with Gasteiger partial charge >= 0.3 is 0 Å². The number of carbonyl (C=O) groups is 2. The summed E-state index contributed by atoms with van der Waals surface area (Å²) in [5.74, 6) is 0.742. The van der Waals surface area contributed by atoms with Gasteiger partial charge in [-0.05, 0) is 49.2 Å². The van der Waals surface area contributed by atoms with Crippen LogP contribution in [0.3, 0.4) is 0 Å². The molecule has 2 N–H and O–H groups in total.